The molecule has 122 valence electrons. The third-order valence-corrected chi connectivity index (χ3v) is 3.96. The van der Waals surface area contributed by atoms with Gasteiger partial charge in [0.15, 0.2) is 0 Å². The highest BCUT2D eigenvalue weighted by atomic mass is 16.5. The monoisotopic (exact) mass is 330 g/mol. The van der Waals surface area contributed by atoms with E-state index in [1.807, 2.05) is 42.5 Å². The van der Waals surface area contributed by atoms with Gasteiger partial charge in [0.2, 0.25) is 5.82 Å². The second-order valence-electron chi connectivity index (χ2n) is 5.56. The van der Waals surface area contributed by atoms with E-state index in [2.05, 4.69) is 16.2 Å². The van der Waals surface area contributed by atoms with Crippen LogP contribution in [0.3, 0.4) is 0 Å². The molecule has 0 aliphatic carbocycles. The molecule has 3 aromatic carbocycles. The number of methoxy groups -OCH3 is 1. The fourth-order valence-corrected chi connectivity index (χ4v) is 2.68. The lowest BCUT2D eigenvalue weighted by atomic mass is 10.1. The Morgan fingerprint density at radius 3 is 2.60 bits per heavy atom. The number of nitrogens with zero attached hydrogens (tertiary/aromatic N) is 2. The largest absolute Gasteiger partial charge is 0.465 e. The standard InChI is InChI=1S/C20H14N2O3/c1-24-20(23)17-8-4-7-15(12-17)18-21-19(25-22-18)16-10-9-13-5-2-3-6-14(13)11-16/h2-12H,1H3. The Labute approximate surface area is 143 Å². The van der Waals surface area contributed by atoms with Gasteiger partial charge < -0.3 is 9.26 Å². The van der Waals surface area contributed by atoms with Gasteiger partial charge in [0.1, 0.15) is 0 Å². The first-order valence-corrected chi connectivity index (χ1v) is 7.76. The zero-order valence-electron chi connectivity index (χ0n) is 13.5. The van der Waals surface area contributed by atoms with Crippen LogP contribution in [0.25, 0.3) is 33.6 Å². The highest BCUT2D eigenvalue weighted by Gasteiger charge is 2.13. The van der Waals surface area contributed by atoms with Gasteiger partial charge in [0.25, 0.3) is 5.89 Å². The number of carbonyl (C=O) groups is 1. The Morgan fingerprint density at radius 1 is 0.920 bits per heavy atom. The Balaban J connectivity index is 1.71. The summed E-state index contributed by atoms with van der Waals surface area (Å²) >= 11 is 0. The second-order valence-corrected chi connectivity index (χ2v) is 5.56. The molecular weight excluding hydrogens is 316 g/mol. The molecular formula is C20H14N2O3. The quantitative estimate of drug-likeness (QED) is 0.523. The van der Waals surface area contributed by atoms with Crippen molar-refractivity contribution in [2.75, 3.05) is 7.11 Å². The van der Waals surface area contributed by atoms with Crippen LogP contribution in [0.15, 0.2) is 71.3 Å². The Morgan fingerprint density at radius 2 is 1.76 bits per heavy atom. The first kappa shape index (κ1) is 15.1. The number of fused-ring (bicyclic) bond motifs is 1. The van der Waals surface area contributed by atoms with Crippen LogP contribution in [0, 0.1) is 0 Å². The van der Waals surface area contributed by atoms with Crippen molar-refractivity contribution in [2.45, 2.75) is 0 Å². The molecule has 0 atom stereocenters. The summed E-state index contributed by atoms with van der Waals surface area (Å²) in [6.45, 7) is 0. The molecule has 5 nitrogen and oxygen atoms in total. The second kappa shape index (κ2) is 6.20. The number of esters is 1. The molecule has 4 aromatic rings. The van der Waals surface area contributed by atoms with Crippen molar-refractivity contribution in [2.24, 2.45) is 0 Å². The van der Waals surface area contributed by atoms with Crippen molar-refractivity contribution in [3.8, 4) is 22.8 Å². The molecule has 0 saturated carbocycles. The molecule has 0 saturated heterocycles. The van der Waals surface area contributed by atoms with Gasteiger partial charge in [-0.3, -0.25) is 0 Å². The van der Waals surface area contributed by atoms with E-state index in [-0.39, 0.29) is 0 Å². The van der Waals surface area contributed by atoms with Crippen LogP contribution in [0.1, 0.15) is 10.4 Å². The van der Waals surface area contributed by atoms with Gasteiger partial charge in [-0.25, -0.2) is 4.79 Å². The highest BCUT2D eigenvalue weighted by molar-refractivity contribution is 5.90. The first-order chi connectivity index (χ1) is 12.2. The maximum atomic E-state index is 11.7. The minimum atomic E-state index is -0.403. The van der Waals surface area contributed by atoms with E-state index in [0.717, 1.165) is 16.3 Å². The van der Waals surface area contributed by atoms with Crippen molar-refractivity contribution in [3.05, 3.63) is 72.3 Å². The number of benzene rings is 3. The summed E-state index contributed by atoms with van der Waals surface area (Å²) in [4.78, 5) is 16.1. The average Bonchev–Trinajstić information content (AvgIpc) is 3.17. The van der Waals surface area contributed by atoms with Gasteiger partial charge in [-0.15, -0.1) is 0 Å². The molecule has 0 unspecified atom stereocenters. The Hall–Kier alpha value is -3.47. The summed E-state index contributed by atoms with van der Waals surface area (Å²) in [5, 5.41) is 6.28. The molecule has 25 heavy (non-hydrogen) atoms. The zero-order valence-corrected chi connectivity index (χ0v) is 13.5. The predicted molar refractivity (Wildman–Crippen MR) is 94.0 cm³/mol. The lowest BCUT2D eigenvalue weighted by molar-refractivity contribution is 0.0601. The van der Waals surface area contributed by atoms with Crippen molar-refractivity contribution >= 4 is 16.7 Å². The van der Waals surface area contributed by atoms with Crippen molar-refractivity contribution in [1.82, 2.24) is 10.1 Å². The summed E-state index contributed by atoms with van der Waals surface area (Å²) in [5.74, 6) is 0.457. The van der Waals surface area contributed by atoms with Crippen LogP contribution in [-0.2, 0) is 4.74 Å². The average molecular weight is 330 g/mol. The Bertz CT molecular complexity index is 1070. The topological polar surface area (TPSA) is 65.2 Å². The van der Waals surface area contributed by atoms with E-state index in [1.54, 1.807) is 18.2 Å². The number of hydrogen-bond donors (Lipinski definition) is 0. The van der Waals surface area contributed by atoms with E-state index >= 15 is 0 Å². The van der Waals surface area contributed by atoms with Crippen molar-refractivity contribution in [1.29, 1.82) is 0 Å². The van der Waals surface area contributed by atoms with Gasteiger partial charge in [-0.1, -0.05) is 47.6 Å². The smallest absolute Gasteiger partial charge is 0.337 e. The molecule has 1 heterocycles. The van der Waals surface area contributed by atoms with Crippen LogP contribution in [0.5, 0.6) is 0 Å². The van der Waals surface area contributed by atoms with E-state index in [1.165, 1.54) is 7.11 Å². The summed E-state index contributed by atoms with van der Waals surface area (Å²) in [5.41, 5.74) is 1.98. The fraction of sp³-hybridized carbons (Fsp3) is 0.0500. The lowest BCUT2D eigenvalue weighted by Gasteiger charge is -2.00. The summed E-state index contributed by atoms with van der Waals surface area (Å²) in [6.07, 6.45) is 0. The molecule has 0 aliphatic rings. The number of rotatable bonds is 3. The van der Waals surface area contributed by atoms with Gasteiger partial charge in [0, 0.05) is 11.1 Å². The molecule has 0 fully saturated rings. The number of aromatic nitrogens is 2. The lowest BCUT2D eigenvalue weighted by Crippen LogP contribution is -2.00. The molecule has 0 spiro atoms. The zero-order chi connectivity index (χ0) is 17.2. The highest BCUT2D eigenvalue weighted by Crippen LogP contribution is 2.26. The molecule has 0 bridgehead atoms. The van der Waals surface area contributed by atoms with Gasteiger partial charge >= 0.3 is 5.97 Å². The first-order valence-electron chi connectivity index (χ1n) is 7.76. The van der Waals surface area contributed by atoms with Crippen LogP contribution in [-0.4, -0.2) is 23.2 Å². The van der Waals surface area contributed by atoms with E-state index in [0.29, 0.717) is 22.8 Å². The number of ether oxygens (including phenoxy) is 1. The van der Waals surface area contributed by atoms with Crippen LogP contribution >= 0.6 is 0 Å². The van der Waals surface area contributed by atoms with Gasteiger partial charge in [0.05, 0.1) is 12.7 Å². The van der Waals surface area contributed by atoms with E-state index in [9.17, 15) is 4.79 Å². The Kier molecular flexibility index (Phi) is 3.74. The van der Waals surface area contributed by atoms with Crippen molar-refractivity contribution in [3.63, 3.8) is 0 Å². The number of carbonyl (C=O) groups excluding carboxylic acids is 1. The molecule has 0 amide bonds. The maximum absolute atomic E-state index is 11.7. The van der Waals surface area contributed by atoms with Crippen molar-refractivity contribution < 1.29 is 14.1 Å². The third-order valence-electron chi connectivity index (χ3n) is 3.96. The minimum Gasteiger partial charge on any atom is -0.465 e. The molecule has 5 heteroatoms. The van der Waals surface area contributed by atoms with Gasteiger partial charge in [-0.2, -0.15) is 4.98 Å². The predicted octanol–water partition coefficient (Wildman–Crippen LogP) is 4.34. The van der Waals surface area contributed by atoms with E-state index in [4.69, 9.17) is 9.26 Å². The summed E-state index contributed by atoms with van der Waals surface area (Å²) in [6, 6.07) is 21.0. The molecule has 0 aliphatic heterocycles. The van der Waals surface area contributed by atoms with Gasteiger partial charge in [-0.05, 0) is 35.0 Å². The number of hydrogen-bond acceptors (Lipinski definition) is 5. The molecule has 0 radical (unpaired) electrons. The summed E-state index contributed by atoms with van der Waals surface area (Å²) in [7, 11) is 1.35. The van der Waals surface area contributed by atoms with Crippen LogP contribution in [0.4, 0.5) is 0 Å². The normalized spacial score (nSPS) is 10.8. The maximum Gasteiger partial charge on any atom is 0.337 e. The fourth-order valence-electron chi connectivity index (χ4n) is 2.68. The molecule has 1 aromatic heterocycles. The summed E-state index contributed by atoms with van der Waals surface area (Å²) < 4.78 is 10.1. The minimum absolute atomic E-state index is 0.403. The SMILES string of the molecule is COC(=O)c1cccc(-c2noc(-c3ccc4ccccc4c3)n2)c1. The molecule has 0 N–H and O–H groups in total. The van der Waals surface area contributed by atoms with E-state index < -0.39 is 5.97 Å². The third kappa shape index (κ3) is 2.87. The van der Waals surface area contributed by atoms with Crippen LogP contribution < -0.4 is 0 Å². The molecule has 4 rings (SSSR count). The van der Waals surface area contributed by atoms with Crippen LogP contribution in [0.2, 0.25) is 0 Å².